The highest BCUT2D eigenvalue weighted by atomic mass is 16.4. The molecule has 2 aromatic carbocycles. The van der Waals surface area contributed by atoms with E-state index in [0.29, 0.717) is 27.8 Å². The minimum atomic E-state index is -0.559. The number of ketones is 1. The number of oxazole rings is 1. The summed E-state index contributed by atoms with van der Waals surface area (Å²) in [6, 6.07) is 13.2. The van der Waals surface area contributed by atoms with E-state index in [-0.39, 0.29) is 5.78 Å². The summed E-state index contributed by atoms with van der Waals surface area (Å²) < 4.78 is 4.92. The van der Waals surface area contributed by atoms with Crippen LogP contribution in [0.2, 0.25) is 0 Å². The normalized spacial score (nSPS) is 10.3. The second-order valence-electron chi connectivity index (χ2n) is 4.25. The van der Waals surface area contributed by atoms with Crippen LogP contribution in [0, 0.1) is 11.3 Å². The van der Waals surface area contributed by atoms with Gasteiger partial charge in [-0.15, -0.1) is 0 Å². The number of nitrogens with zero attached hydrogens (tertiary/aromatic N) is 1. The smallest absolute Gasteiger partial charge is 0.408 e. The summed E-state index contributed by atoms with van der Waals surface area (Å²) in [6.07, 6.45) is 0. The van der Waals surface area contributed by atoms with Crippen molar-refractivity contribution in [2.24, 2.45) is 0 Å². The van der Waals surface area contributed by atoms with Crippen LogP contribution in [0.15, 0.2) is 51.7 Å². The molecule has 96 valence electrons. The van der Waals surface area contributed by atoms with Crippen LogP contribution in [0.25, 0.3) is 11.1 Å². The number of rotatable bonds is 2. The fraction of sp³-hybridized carbons (Fsp3) is 0. The van der Waals surface area contributed by atoms with Crippen molar-refractivity contribution in [3.05, 3.63) is 69.7 Å². The molecule has 0 amide bonds. The molecule has 20 heavy (non-hydrogen) atoms. The van der Waals surface area contributed by atoms with Gasteiger partial charge >= 0.3 is 5.76 Å². The van der Waals surface area contributed by atoms with Crippen LogP contribution in [0.4, 0.5) is 0 Å². The van der Waals surface area contributed by atoms with E-state index in [9.17, 15) is 9.59 Å². The first kappa shape index (κ1) is 11.9. The molecule has 3 aromatic rings. The molecule has 0 bridgehead atoms. The lowest BCUT2D eigenvalue weighted by Gasteiger charge is -2.01. The number of aromatic nitrogens is 1. The Balaban J connectivity index is 2.07. The molecule has 0 fully saturated rings. The molecule has 1 aromatic heterocycles. The molecule has 1 N–H and O–H groups in total. The van der Waals surface area contributed by atoms with Crippen molar-refractivity contribution in [2.75, 3.05) is 0 Å². The van der Waals surface area contributed by atoms with Crippen LogP contribution in [0.1, 0.15) is 21.5 Å². The van der Waals surface area contributed by atoms with Gasteiger partial charge in [0.25, 0.3) is 0 Å². The fourth-order valence-corrected chi connectivity index (χ4v) is 1.98. The number of hydrogen-bond donors (Lipinski definition) is 1. The van der Waals surface area contributed by atoms with Gasteiger partial charge in [-0.2, -0.15) is 5.26 Å². The third-order valence-electron chi connectivity index (χ3n) is 2.94. The maximum atomic E-state index is 12.3. The molecule has 0 aliphatic rings. The van der Waals surface area contributed by atoms with E-state index in [1.54, 1.807) is 30.3 Å². The standard InChI is InChI=1S/C15H8N2O3/c16-8-9-2-1-3-10(6-9)14(18)11-4-5-12-13(7-11)20-15(19)17-12/h1-7H,(H,17,19). The first-order valence-corrected chi connectivity index (χ1v) is 5.85. The lowest BCUT2D eigenvalue weighted by atomic mass is 10.0. The van der Waals surface area contributed by atoms with E-state index in [0.717, 1.165) is 0 Å². The predicted molar refractivity (Wildman–Crippen MR) is 71.4 cm³/mol. The Morgan fingerprint density at radius 1 is 1.15 bits per heavy atom. The highest BCUT2D eigenvalue weighted by Gasteiger charge is 2.11. The Hall–Kier alpha value is -3.13. The van der Waals surface area contributed by atoms with Gasteiger partial charge in [-0.05, 0) is 30.3 Å². The Bertz CT molecular complexity index is 913. The van der Waals surface area contributed by atoms with Crippen LogP contribution in [0.5, 0.6) is 0 Å². The zero-order chi connectivity index (χ0) is 14.1. The second-order valence-corrected chi connectivity index (χ2v) is 4.25. The predicted octanol–water partition coefficient (Wildman–Crippen LogP) is 2.22. The Morgan fingerprint density at radius 3 is 2.75 bits per heavy atom. The molecule has 0 atom stereocenters. The zero-order valence-corrected chi connectivity index (χ0v) is 10.2. The molecule has 1 heterocycles. The molecular formula is C15H8N2O3. The average Bonchev–Trinajstić information content (AvgIpc) is 2.85. The maximum Gasteiger partial charge on any atom is 0.417 e. The summed E-state index contributed by atoms with van der Waals surface area (Å²) in [5.74, 6) is -0.788. The lowest BCUT2D eigenvalue weighted by Crippen LogP contribution is -2.01. The van der Waals surface area contributed by atoms with Gasteiger partial charge in [-0.25, -0.2) is 4.79 Å². The quantitative estimate of drug-likeness (QED) is 0.719. The summed E-state index contributed by atoms with van der Waals surface area (Å²) in [6.45, 7) is 0. The molecule has 5 nitrogen and oxygen atoms in total. The summed E-state index contributed by atoms with van der Waals surface area (Å²) >= 11 is 0. The fourth-order valence-electron chi connectivity index (χ4n) is 1.98. The van der Waals surface area contributed by atoms with E-state index in [1.165, 1.54) is 12.1 Å². The summed E-state index contributed by atoms with van der Waals surface area (Å²) in [4.78, 5) is 25.9. The van der Waals surface area contributed by atoms with Crippen LogP contribution in [-0.2, 0) is 0 Å². The number of fused-ring (bicyclic) bond motifs is 1. The van der Waals surface area contributed by atoms with Crippen LogP contribution in [0.3, 0.4) is 0 Å². The molecule has 0 aliphatic carbocycles. The number of aromatic amines is 1. The maximum absolute atomic E-state index is 12.3. The molecule has 0 saturated carbocycles. The van der Waals surface area contributed by atoms with Gasteiger partial charge in [0.05, 0.1) is 17.1 Å². The van der Waals surface area contributed by atoms with Crippen molar-refractivity contribution in [2.45, 2.75) is 0 Å². The molecular weight excluding hydrogens is 256 g/mol. The SMILES string of the molecule is N#Cc1cccc(C(=O)c2ccc3[nH]c(=O)oc3c2)c1. The summed E-state index contributed by atoms with van der Waals surface area (Å²) in [5, 5.41) is 8.84. The number of nitriles is 1. The summed E-state index contributed by atoms with van der Waals surface area (Å²) in [5.41, 5.74) is 2.11. The van der Waals surface area contributed by atoms with Gasteiger partial charge in [0.2, 0.25) is 0 Å². The minimum Gasteiger partial charge on any atom is -0.408 e. The molecule has 3 rings (SSSR count). The van der Waals surface area contributed by atoms with Crippen molar-refractivity contribution < 1.29 is 9.21 Å². The highest BCUT2D eigenvalue weighted by molar-refractivity contribution is 6.10. The van der Waals surface area contributed by atoms with Gasteiger partial charge in [0.1, 0.15) is 0 Å². The molecule has 5 heteroatoms. The Morgan fingerprint density at radius 2 is 1.95 bits per heavy atom. The number of carbonyl (C=O) groups excluding carboxylic acids is 1. The molecule has 0 unspecified atom stereocenters. The van der Waals surface area contributed by atoms with E-state index in [1.807, 2.05) is 6.07 Å². The minimum absolute atomic E-state index is 0.229. The zero-order valence-electron chi connectivity index (χ0n) is 10.2. The van der Waals surface area contributed by atoms with Crippen molar-refractivity contribution in [3.63, 3.8) is 0 Å². The number of hydrogen-bond acceptors (Lipinski definition) is 4. The third-order valence-corrected chi connectivity index (χ3v) is 2.94. The largest absolute Gasteiger partial charge is 0.417 e. The molecule has 0 saturated heterocycles. The number of benzene rings is 2. The monoisotopic (exact) mass is 264 g/mol. The van der Waals surface area contributed by atoms with Crippen LogP contribution < -0.4 is 5.76 Å². The topological polar surface area (TPSA) is 86.9 Å². The van der Waals surface area contributed by atoms with E-state index < -0.39 is 5.76 Å². The van der Waals surface area contributed by atoms with Gasteiger partial charge in [-0.1, -0.05) is 12.1 Å². The van der Waals surface area contributed by atoms with Gasteiger partial charge in [0.15, 0.2) is 11.4 Å². The van der Waals surface area contributed by atoms with Crippen LogP contribution in [-0.4, -0.2) is 10.8 Å². The molecule has 0 aliphatic heterocycles. The van der Waals surface area contributed by atoms with Gasteiger partial charge in [-0.3, -0.25) is 9.78 Å². The second kappa shape index (κ2) is 4.52. The van der Waals surface area contributed by atoms with E-state index in [2.05, 4.69) is 4.98 Å². The lowest BCUT2D eigenvalue weighted by molar-refractivity contribution is 0.103. The third kappa shape index (κ3) is 1.99. The van der Waals surface area contributed by atoms with Gasteiger partial charge < -0.3 is 4.42 Å². The van der Waals surface area contributed by atoms with Crippen molar-refractivity contribution in [1.29, 1.82) is 5.26 Å². The number of carbonyl (C=O) groups is 1. The van der Waals surface area contributed by atoms with E-state index in [4.69, 9.17) is 9.68 Å². The van der Waals surface area contributed by atoms with Crippen molar-refractivity contribution in [3.8, 4) is 6.07 Å². The Labute approximate surface area is 113 Å². The molecule has 0 spiro atoms. The van der Waals surface area contributed by atoms with Crippen molar-refractivity contribution in [1.82, 2.24) is 4.98 Å². The number of nitrogens with one attached hydrogen (secondary N) is 1. The highest BCUT2D eigenvalue weighted by Crippen LogP contribution is 2.16. The average molecular weight is 264 g/mol. The van der Waals surface area contributed by atoms with Crippen molar-refractivity contribution >= 4 is 16.9 Å². The molecule has 0 radical (unpaired) electrons. The van der Waals surface area contributed by atoms with Gasteiger partial charge in [0, 0.05) is 11.1 Å². The number of H-pyrrole nitrogens is 1. The first-order chi connectivity index (χ1) is 9.67. The van der Waals surface area contributed by atoms with Crippen LogP contribution >= 0.6 is 0 Å². The van der Waals surface area contributed by atoms with E-state index >= 15 is 0 Å². The summed E-state index contributed by atoms with van der Waals surface area (Å²) in [7, 11) is 0. The first-order valence-electron chi connectivity index (χ1n) is 5.85. The Kier molecular flexibility index (Phi) is 2.70.